The Labute approximate surface area is 84.0 Å². The van der Waals surface area contributed by atoms with Crippen LogP contribution in [0.25, 0.3) is 0 Å². The van der Waals surface area contributed by atoms with Gasteiger partial charge in [0.2, 0.25) is 0 Å². The second-order valence-electron chi connectivity index (χ2n) is 3.47. The second-order valence-corrected chi connectivity index (χ2v) is 3.47. The van der Waals surface area contributed by atoms with Gasteiger partial charge in [-0.05, 0) is 37.1 Å². The molecule has 0 bridgehead atoms. The highest BCUT2D eigenvalue weighted by Gasteiger charge is 2.03. The van der Waals surface area contributed by atoms with Gasteiger partial charge in [0.15, 0.2) is 0 Å². The first-order chi connectivity index (χ1) is 6.61. The molecular formula is C11H16O3. The van der Waals surface area contributed by atoms with Gasteiger partial charge in [-0.2, -0.15) is 0 Å². The SMILES string of the molecule is Cc1cc(C)cc(OCC(O)CO)c1. The third-order valence-corrected chi connectivity index (χ3v) is 1.85. The molecule has 0 aliphatic rings. The molecule has 1 atom stereocenters. The fourth-order valence-electron chi connectivity index (χ4n) is 1.26. The van der Waals surface area contributed by atoms with Crippen molar-refractivity contribution in [3.63, 3.8) is 0 Å². The van der Waals surface area contributed by atoms with Crippen LogP contribution in [0.5, 0.6) is 5.75 Å². The normalized spacial score (nSPS) is 12.6. The summed E-state index contributed by atoms with van der Waals surface area (Å²) in [5.74, 6) is 0.731. The molecule has 0 saturated heterocycles. The van der Waals surface area contributed by atoms with Gasteiger partial charge in [-0.25, -0.2) is 0 Å². The first-order valence-electron chi connectivity index (χ1n) is 4.62. The molecule has 1 aromatic carbocycles. The van der Waals surface area contributed by atoms with Crippen molar-refractivity contribution in [1.29, 1.82) is 0 Å². The minimum absolute atomic E-state index is 0.124. The number of ether oxygens (including phenoxy) is 1. The highest BCUT2D eigenvalue weighted by atomic mass is 16.5. The summed E-state index contributed by atoms with van der Waals surface area (Å²) in [6.45, 7) is 3.83. The van der Waals surface area contributed by atoms with Crippen LogP contribution < -0.4 is 4.74 Å². The Morgan fingerprint density at radius 1 is 1.21 bits per heavy atom. The van der Waals surface area contributed by atoms with Crippen molar-refractivity contribution in [2.45, 2.75) is 20.0 Å². The van der Waals surface area contributed by atoms with Crippen LogP contribution in [-0.4, -0.2) is 29.5 Å². The van der Waals surface area contributed by atoms with E-state index < -0.39 is 6.10 Å². The number of hydrogen-bond acceptors (Lipinski definition) is 3. The molecule has 0 heterocycles. The number of hydrogen-bond donors (Lipinski definition) is 2. The molecule has 0 aliphatic heterocycles. The minimum atomic E-state index is -0.809. The number of rotatable bonds is 4. The van der Waals surface area contributed by atoms with Crippen molar-refractivity contribution in [2.75, 3.05) is 13.2 Å². The molecule has 3 heteroatoms. The van der Waals surface area contributed by atoms with E-state index in [0.717, 1.165) is 16.9 Å². The molecule has 78 valence electrons. The molecule has 1 aromatic rings. The molecule has 0 saturated carbocycles. The van der Waals surface area contributed by atoms with Crippen LogP contribution in [-0.2, 0) is 0 Å². The largest absolute Gasteiger partial charge is 0.491 e. The summed E-state index contributed by atoms with van der Waals surface area (Å²) >= 11 is 0. The quantitative estimate of drug-likeness (QED) is 0.756. The minimum Gasteiger partial charge on any atom is -0.491 e. The summed E-state index contributed by atoms with van der Waals surface area (Å²) < 4.78 is 5.31. The molecule has 0 aliphatic carbocycles. The molecule has 3 nitrogen and oxygen atoms in total. The molecule has 0 spiro atoms. The highest BCUT2D eigenvalue weighted by Crippen LogP contribution is 2.16. The molecule has 0 aromatic heterocycles. The Balaban J connectivity index is 2.58. The third-order valence-electron chi connectivity index (χ3n) is 1.85. The Morgan fingerprint density at radius 3 is 2.29 bits per heavy atom. The molecule has 0 radical (unpaired) electrons. The monoisotopic (exact) mass is 196 g/mol. The molecule has 1 rings (SSSR count). The Kier molecular flexibility index (Phi) is 3.92. The summed E-state index contributed by atoms with van der Waals surface area (Å²) in [7, 11) is 0. The van der Waals surface area contributed by atoms with Gasteiger partial charge in [-0.1, -0.05) is 6.07 Å². The van der Waals surface area contributed by atoms with Gasteiger partial charge in [0.25, 0.3) is 0 Å². The van der Waals surface area contributed by atoms with Crippen LogP contribution >= 0.6 is 0 Å². The van der Waals surface area contributed by atoms with E-state index in [1.54, 1.807) is 0 Å². The van der Waals surface area contributed by atoms with Crippen molar-refractivity contribution < 1.29 is 14.9 Å². The summed E-state index contributed by atoms with van der Waals surface area (Å²) in [6, 6.07) is 5.85. The van der Waals surface area contributed by atoms with E-state index in [9.17, 15) is 0 Å². The van der Waals surface area contributed by atoms with Crippen molar-refractivity contribution in [2.24, 2.45) is 0 Å². The van der Waals surface area contributed by atoms with Crippen molar-refractivity contribution in [3.05, 3.63) is 29.3 Å². The van der Waals surface area contributed by atoms with Crippen LogP contribution in [0.15, 0.2) is 18.2 Å². The van der Waals surface area contributed by atoms with Crippen LogP contribution in [0, 0.1) is 13.8 Å². The summed E-state index contributed by atoms with van der Waals surface area (Å²) in [4.78, 5) is 0. The zero-order valence-electron chi connectivity index (χ0n) is 8.53. The topological polar surface area (TPSA) is 49.7 Å². The van der Waals surface area contributed by atoms with Gasteiger partial charge in [-0.3, -0.25) is 0 Å². The van der Waals surface area contributed by atoms with Gasteiger partial charge < -0.3 is 14.9 Å². The summed E-state index contributed by atoms with van der Waals surface area (Å²) in [6.07, 6.45) is -0.809. The first-order valence-corrected chi connectivity index (χ1v) is 4.62. The lowest BCUT2D eigenvalue weighted by molar-refractivity contribution is 0.0536. The molecule has 0 amide bonds. The maximum atomic E-state index is 9.08. The average Bonchev–Trinajstić information content (AvgIpc) is 2.12. The van der Waals surface area contributed by atoms with E-state index in [-0.39, 0.29) is 13.2 Å². The lowest BCUT2D eigenvalue weighted by atomic mass is 10.1. The number of benzene rings is 1. The van der Waals surface area contributed by atoms with Gasteiger partial charge >= 0.3 is 0 Å². The lowest BCUT2D eigenvalue weighted by Gasteiger charge is -2.10. The predicted octanol–water partition coefficient (Wildman–Crippen LogP) is 1.04. The average molecular weight is 196 g/mol. The Hall–Kier alpha value is -1.06. The van der Waals surface area contributed by atoms with Crippen LogP contribution in [0.2, 0.25) is 0 Å². The molecular weight excluding hydrogens is 180 g/mol. The van der Waals surface area contributed by atoms with Crippen molar-refractivity contribution in [1.82, 2.24) is 0 Å². The molecule has 2 N–H and O–H groups in total. The van der Waals surface area contributed by atoms with E-state index in [1.807, 2.05) is 26.0 Å². The second kappa shape index (κ2) is 4.98. The van der Waals surface area contributed by atoms with Crippen molar-refractivity contribution >= 4 is 0 Å². The first kappa shape index (κ1) is 11.0. The molecule has 0 fully saturated rings. The van der Waals surface area contributed by atoms with E-state index >= 15 is 0 Å². The smallest absolute Gasteiger partial charge is 0.119 e. The predicted molar refractivity (Wildman–Crippen MR) is 54.5 cm³/mol. The lowest BCUT2D eigenvalue weighted by Crippen LogP contribution is -2.21. The molecule has 14 heavy (non-hydrogen) atoms. The highest BCUT2D eigenvalue weighted by molar-refractivity contribution is 5.32. The Morgan fingerprint density at radius 2 is 1.79 bits per heavy atom. The van der Waals surface area contributed by atoms with Crippen LogP contribution in [0.1, 0.15) is 11.1 Å². The summed E-state index contributed by atoms with van der Waals surface area (Å²) in [5.41, 5.74) is 2.25. The summed E-state index contributed by atoms with van der Waals surface area (Å²) in [5, 5.41) is 17.7. The number of aliphatic hydroxyl groups excluding tert-OH is 2. The van der Waals surface area contributed by atoms with Gasteiger partial charge in [0.05, 0.1) is 6.61 Å². The maximum Gasteiger partial charge on any atom is 0.119 e. The van der Waals surface area contributed by atoms with E-state index in [1.165, 1.54) is 0 Å². The van der Waals surface area contributed by atoms with Crippen LogP contribution in [0.4, 0.5) is 0 Å². The zero-order chi connectivity index (χ0) is 10.6. The zero-order valence-corrected chi connectivity index (χ0v) is 8.53. The van der Waals surface area contributed by atoms with Crippen molar-refractivity contribution in [3.8, 4) is 5.75 Å². The molecule has 1 unspecified atom stereocenters. The van der Waals surface area contributed by atoms with Gasteiger partial charge in [0.1, 0.15) is 18.5 Å². The van der Waals surface area contributed by atoms with Crippen LogP contribution in [0.3, 0.4) is 0 Å². The van der Waals surface area contributed by atoms with E-state index in [2.05, 4.69) is 6.07 Å². The standard InChI is InChI=1S/C11H16O3/c1-8-3-9(2)5-11(4-8)14-7-10(13)6-12/h3-5,10,12-13H,6-7H2,1-2H3. The number of aliphatic hydroxyl groups is 2. The maximum absolute atomic E-state index is 9.08. The van der Waals surface area contributed by atoms with E-state index in [4.69, 9.17) is 14.9 Å². The van der Waals surface area contributed by atoms with Gasteiger partial charge in [0, 0.05) is 0 Å². The fourth-order valence-corrected chi connectivity index (χ4v) is 1.26. The van der Waals surface area contributed by atoms with Gasteiger partial charge in [-0.15, -0.1) is 0 Å². The Bertz CT molecular complexity index is 276. The third kappa shape index (κ3) is 3.36. The van der Waals surface area contributed by atoms with E-state index in [0.29, 0.717) is 0 Å². The fraction of sp³-hybridized carbons (Fsp3) is 0.455. The number of aryl methyl sites for hydroxylation is 2.